The molecule has 33 heavy (non-hydrogen) atoms. The lowest BCUT2D eigenvalue weighted by molar-refractivity contribution is -0.137. The van der Waals surface area contributed by atoms with Crippen molar-refractivity contribution < 1.29 is 32.3 Å². The lowest BCUT2D eigenvalue weighted by atomic mass is 10.2. The van der Waals surface area contributed by atoms with Crippen LogP contribution in [0.1, 0.15) is 20.8 Å². The monoisotopic (exact) mass is 495 g/mol. The number of alkyl halides is 3. The maximum Gasteiger partial charge on any atom is 0.416 e. The fourth-order valence-electron chi connectivity index (χ4n) is 2.40. The van der Waals surface area contributed by atoms with Crippen molar-refractivity contribution in [2.24, 2.45) is 5.10 Å². The number of amides is 2. The highest BCUT2D eigenvalue weighted by Gasteiger charge is 2.31. The second-order valence-corrected chi connectivity index (χ2v) is 7.64. The van der Waals surface area contributed by atoms with Gasteiger partial charge in [0.05, 0.1) is 22.5 Å². The van der Waals surface area contributed by atoms with E-state index < -0.39 is 29.5 Å². The standard InChI is InChI=1S/C21H13ClF3N3O4S/c22-15-7-6-13(21(23,24)25)10-16(15)27-18(29)19(30)28-26-11-12-3-1-4-14(9-12)32-20(31)17-5-2-8-33-17/h1-11H,(H,27,29)(H,28,30)/b26-11+. The quantitative estimate of drug-likeness (QED) is 0.176. The molecule has 2 aromatic carbocycles. The van der Waals surface area contributed by atoms with Gasteiger partial charge in [0.1, 0.15) is 10.6 Å². The first-order chi connectivity index (χ1) is 15.6. The van der Waals surface area contributed by atoms with E-state index in [2.05, 4.69) is 5.10 Å². The Morgan fingerprint density at radius 1 is 1.03 bits per heavy atom. The molecule has 0 aliphatic carbocycles. The van der Waals surface area contributed by atoms with Gasteiger partial charge in [0.2, 0.25) is 0 Å². The molecule has 2 N–H and O–H groups in total. The van der Waals surface area contributed by atoms with Crippen LogP contribution >= 0.6 is 22.9 Å². The number of nitrogens with zero attached hydrogens (tertiary/aromatic N) is 1. The zero-order valence-electron chi connectivity index (χ0n) is 16.4. The third kappa shape index (κ3) is 6.64. The molecular formula is C21H13ClF3N3O4S. The molecule has 0 bridgehead atoms. The molecule has 170 valence electrons. The molecular weight excluding hydrogens is 483 g/mol. The molecule has 3 aromatic rings. The normalized spacial score (nSPS) is 11.3. The summed E-state index contributed by atoms with van der Waals surface area (Å²) in [4.78, 5) is 36.3. The number of carbonyl (C=O) groups is 3. The average Bonchev–Trinajstić information content (AvgIpc) is 3.30. The van der Waals surface area contributed by atoms with Crippen LogP contribution in [0.25, 0.3) is 0 Å². The topological polar surface area (TPSA) is 96.9 Å². The Labute approximate surface area is 193 Å². The predicted molar refractivity (Wildman–Crippen MR) is 117 cm³/mol. The summed E-state index contributed by atoms with van der Waals surface area (Å²) in [5, 5.41) is 7.18. The molecule has 3 rings (SSSR count). The minimum atomic E-state index is -4.65. The Bertz CT molecular complexity index is 1210. The first-order valence-electron chi connectivity index (χ1n) is 9.00. The zero-order chi connectivity index (χ0) is 24.0. The second-order valence-electron chi connectivity index (χ2n) is 6.28. The number of anilines is 1. The molecule has 0 unspecified atom stereocenters. The minimum Gasteiger partial charge on any atom is -0.422 e. The first-order valence-corrected chi connectivity index (χ1v) is 10.3. The lowest BCUT2D eigenvalue weighted by Crippen LogP contribution is -2.32. The molecule has 0 saturated heterocycles. The molecule has 2 amide bonds. The molecule has 0 aliphatic heterocycles. The molecule has 0 aliphatic rings. The summed E-state index contributed by atoms with van der Waals surface area (Å²) in [6.07, 6.45) is -3.46. The van der Waals surface area contributed by atoms with Crippen LogP contribution in [0.2, 0.25) is 5.02 Å². The highest BCUT2D eigenvalue weighted by Crippen LogP contribution is 2.33. The Balaban J connectivity index is 1.59. The number of rotatable bonds is 5. The molecule has 12 heteroatoms. The summed E-state index contributed by atoms with van der Waals surface area (Å²) in [5.74, 6) is -2.80. The van der Waals surface area contributed by atoms with Crippen LogP contribution in [0.15, 0.2) is 65.1 Å². The van der Waals surface area contributed by atoms with E-state index >= 15 is 0 Å². The van der Waals surface area contributed by atoms with E-state index in [1.165, 1.54) is 23.6 Å². The van der Waals surface area contributed by atoms with E-state index in [9.17, 15) is 27.6 Å². The van der Waals surface area contributed by atoms with Crippen molar-refractivity contribution in [1.29, 1.82) is 0 Å². The van der Waals surface area contributed by atoms with Gasteiger partial charge in [0.15, 0.2) is 0 Å². The van der Waals surface area contributed by atoms with Gasteiger partial charge in [-0.15, -0.1) is 11.3 Å². The SMILES string of the molecule is O=C(N/N=C/c1cccc(OC(=O)c2cccs2)c1)C(=O)Nc1cc(C(F)(F)F)ccc1Cl. The van der Waals surface area contributed by atoms with E-state index in [1.807, 2.05) is 10.7 Å². The minimum absolute atomic E-state index is 0.179. The summed E-state index contributed by atoms with van der Waals surface area (Å²) in [5.41, 5.74) is 0.963. The molecule has 0 radical (unpaired) electrons. The second kappa shape index (κ2) is 10.3. The van der Waals surface area contributed by atoms with Crippen molar-refractivity contribution in [3.05, 3.63) is 81.0 Å². The number of esters is 1. The number of thiophene rings is 1. The number of nitrogens with one attached hydrogen (secondary N) is 2. The molecule has 0 saturated carbocycles. The third-order valence-corrected chi connectivity index (χ3v) is 5.10. The van der Waals surface area contributed by atoms with E-state index in [1.54, 1.807) is 35.7 Å². The van der Waals surface area contributed by atoms with Gasteiger partial charge in [-0.05, 0) is 47.3 Å². The average molecular weight is 496 g/mol. The number of hydrogen-bond acceptors (Lipinski definition) is 6. The van der Waals surface area contributed by atoms with Crippen molar-refractivity contribution in [1.82, 2.24) is 5.43 Å². The van der Waals surface area contributed by atoms with E-state index in [0.717, 1.165) is 12.1 Å². The van der Waals surface area contributed by atoms with Gasteiger partial charge in [-0.3, -0.25) is 9.59 Å². The fraction of sp³-hybridized carbons (Fsp3) is 0.0476. The summed E-state index contributed by atoms with van der Waals surface area (Å²) < 4.78 is 43.7. The molecule has 0 fully saturated rings. The van der Waals surface area contributed by atoms with Crippen LogP contribution in [0.3, 0.4) is 0 Å². The summed E-state index contributed by atoms with van der Waals surface area (Å²) in [6, 6.07) is 11.8. The van der Waals surface area contributed by atoms with Gasteiger partial charge >= 0.3 is 24.0 Å². The van der Waals surface area contributed by atoms with Crippen LogP contribution in [0, 0.1) is 0 Å². The molecule has 0 atom stereocenters. The van der Waals surface area contributed by atoms with Crippen LogP contribution in [0.4, 0.5) is 18.9 Å². The lowest BCUT2D eigenvalue weighted by Gasteiger charge is -2.11. The predicted octanol–water partition coefficient (Wildman–Crippen LogP) is 4.73. The van der Waals surface area contributed by atoms with Gasteiger partial charge in [-0.2, -0.15) is 18.3 Å². The van der Waals surface area contributed by atoms with Crippen LogP contribution < -0.4 is 15.5 Å². The number of carbonyl (C=O) groups excluding carboxylic acids is 3. The van der Waals surface area contributed by atoms with Crippen molar-refractivity contribution >= 4 is 52.6 Å². The summed E-state index contributed by atoms with van der Waals surface area (Å²) in [6.45, 7) is 0. The van der Waals surface area contributed by atoms with Crippen molar-refractivity contribution in [3.63, 3.8) is 0 Å². The number of hydrogen-bond donors (Lipinski definition) is 2. The zero-order valence-corrected chi connectivity index (χ0v) is 17.9. The maximum atomic E-state index is 12.8. The highest BCUT2D eigenvalue weighted by molar-refractivity contribution is 7.12. The van der Waals surface area contributed by atoms with Gasteiger partial charge in [0.25, 0.3) is 0 Å². The van der Waals surface area contributed by atoms with Gasteiger partial charge < -0.3 is 10.1 Å². The molecule has 1 aromatic heterocycles. The van der Waals surface area contributed by atoms with E-state index in [-0.39, 0.29) is 16.5 Å². The largest absolute Gasteiger partial charge is 0.422 e. The molecule has 0 spiro atoms. The number of ether oxygens (including phenoxy) is 1. The van der Waals surface area contributed by atoms with Crippen molar-refractivity contribution in [3.8, 4) is 5.75 Å². The van der Waals surface area contributed by atoms with Crippen LogP contribution in [-0.2, 0) is 15.8 Å². The van der Waals surface area contributed by atoms with E-state index in [4.69, 9.17) is 16.3 Å². The highest BCUT2D eigenvalue weighted by atomic mass is 35.5. The van der Waals surface area contributed by atoms with Crippen LogP contribution in [-0.4, -0.2) is 24.0 Å². The Morgan fingerprint density at radius 3 is 2.52 bits per heavy atom. The maximum absolute atomic E-state index is 12.8. The van der Waals surface area contributed by atoms with Crippen molar-refractivity contribution in [2.45, 2.75) is 6.18 Å². The third-order valence-electron chi connectivity index (χ3n) is 3.92. The first kappa shape index (κ1) is 24.0. The van der Waals surface area contributed by atoms with Crippen molar-refractivity contribution in [2.75, 3.05) is 5.32 Å². The smallest absolute Gasteiger partial charge is 0.416 e. The fourth-order valence-corrected chi connectivity index (χ4v) is 3.17. The molecule has 1 heterocycles. The summed E-state index contributed by atoms with van der Waals surface area (Å²) >= 11 is 7.01. The molecule has 7 nitrogen and oxygen atoms in total. The van der Waals surface area contributed by atoms with E-state index in [0.29, 0.717) is 16.5 Å². The number of hydrazone groups is 1. The number of halogens is 4. The van der Waals surface area contributed by atoms with Gasteiger partial charge in [-0.1, -0.05) is 29.8 Å². The Hall–Kier alpha value is -3.70. The Kier molecular flexibility index (Phi) is 7.46. The Morgan fingerprint density at radius 2 is 1.82 bits per heavy atom. The van der Waals surface area contributed by atoms with Gasteiger partial charge in [-0.25, -0.2) is 10.2 Å². The number of benzene rings is 2. The van der Waals surface area contributed by atoms with Gasteiger partial charge in [0, 0.05) is 0 Å². The summed E-state index contributed by atoms with van der Waals surface area (Å²) in [7, 11) is 0. The van der Waals surface area contributed by atoms with Crippen LogP contribution in [0.5, 0.6) is 5.75 Å².